The lowest BCUT2D eigenvalue weighted by Gasteiger charge is -2.25. The first-order valence-corrected chi connectivity index (χ1v) is 7.13. The zero-order chi connectivity index (χ0) is 14.3. The lowest BCUT2D eigenvalue weighted by Crippen LogP contribution is -2.40. The Morgan fingerprint density at radius 2 is 2.21 bits per heavy atom. The fraction of sp³-hybridized carbons (Fsp3) is 0.667. The van der Waals surface area contributed by atoms with Crippen LogP contribution in [0.5, 0.6) is 0 Å². The smallest absolute Gasteiger partial charge is 0.236 e. The first-order valence-electron chi connectivity index (χ1n) is 7.13. The predicted molar refractivity (Wildman–Crippen MR) is 78.8 cm³/mol. The maximum atomic E-state index is 12.2. The first kappa shape index (κ1) is 15.8. The van der Waals surface area contributed by atoms with E-state index in [1.165, 1.54) is 5.69 Å². The van der Waals surface area contributed by atoms with E-state index in [9.17, 15) is 4.79 Å². The van der Waals surface area contributed by atoms with E-state index in [0.717, 1.165) is 19.5 Å². The molecular formula is C15H27N3O. The maximum Gasteiger partial charge on any atom is 0.236 e. The Bertz CT molecular complexity index is 384. The monoisotopic (exact) mass is 265 g/mol. The second-order valence-electron chi connectivity index (χ2n) is 5.46. The average molecular weight is 265 g/mol. The molecule has 0 fully saturated rings. The molecule has 0 saturated carbocycles. The summed E-state index contributed by atoms with van der Waals surface area (Å²) in [6, 6.07) is 4.09. The van der Waals surface area contributed by atoms with Crippen molar-refractivity contribution >= 4 is 5.91 Å². The van der Waals surface area contributed by atoms with Crippen LogP contribution in [-0.2, 0) is 18.4 Å². The number of carbonyl (C=O) groups excluding carboxylic acids is 1. The van der Waals surface area contributed by atoms with Gasteiger partial charge in [-0.1, -0.05) is 20.8 Å². The number of hydrogen-bond acceptors (Lipinski definition) is 2. The third-order valence-electron chi connectivity index (χ3n) is 3.05. The summed E-state index contributed by atoms with van der Waals surface area (Å²) in [5.41, 5.74) is 1.17. The molecule has 0 unspecified atom stereocenters. The Hall–Kier alpha value is -1.29. The molecule has 4 heteroatoms. The van der Waals surface area contributed by atoms with E-state index >= 15 is 0 Å². The Morgan fingerprint density at radius 3 is 2.74 bits per heavy atom. The molecule has 1 amide bonds. The Morgan fingerprint density at radius 1 is 1.47 bits per heavy atom. The van der Waals surface area contributed by atoms with Crippen LogP contribution in [0.3, 0.4) is 0 Å². The molecule has 0 bridgehead atoms. The summed E-state index contributed by atoms with van der Waals surface area (Å²) in [4.78, 5) is 14.2. The average Bonchev–Trinajstić information content (AvgIpc) is 2.74. The minimum atomic E-state index is 0.184. The zero-order valence-electron chi connectivity index (χ0n) is 12.6. The summed E-state index contributed by atoms with van der Waals surface area (Å²) in [7, 11) is 2.02. The third kappa shape index (κ3) is 5.47. The van der Waals surface area contributed by atoms with Gasteiger partial charge in [0.1, 0.15) is 0 Å². The molecular weight excluding hydrogens is 238 g/mol. The van der Waals surface area contributed by atoms with Crippen LogP contribution in [0.4, 0.5) is 0 Å². The highest BCUT2D eigenvalue weighted by Crippen LogP contribution is 2.08. The number of amides is 1. The van der Waals surface area contributed by atoms with Gasteiger partial charge in [0, 0.05) is 25.5 Å². The van der Waals surface area contributed by atoms with Gasteiger partial charge in [-0.15, -0.1) is 0 Å². The molecule has 19 heavy (non-hydrogen) atoms. The predicted octanol–water partition coefficient (Wildman–Crippen LogP) is 2.01. The highest BCUT2D eigenvalue weighted by Gasteiger charge is 2.15. The Balaban J connectivity index is 2.60. The van der Waals surface area contributed by atoms with E-state index in [4.69, 9.17) is 0 Å². The van der Waals surface area contributed by atoms with Crippen molar-refractivity contribution < 1.29 is 4.79 Å². The standard InChI is InChI=1S/C15H27N3O/c1-5-8-16-10-15(19)18(11-13(2)3)12-14-7-6-9-17(14)4/h6-7,9,13,16H,5,8,10-12H2,1-4H3. The fourth-order valence-corrected chi connectivity index (χ4v) is 2.04. The van der Waals surface area contributed by atoms with Gasteiger partial charge in [0.15, 0.2) is 0 Å². The van der Waals surface area contributed by atoms with Crippen molar-refractivity contribution in [1.82, 2.24) is 14.8 Å². The van der Waals surface area contributed by atoms with Gasteiger partial charge in [0.2, 0.25) is 5.91 Å². The van der Waals surface area contributed by atoms with Gasteiger partial charge in [-0.25, -0.2) is 0 Å². The van der Waals surface area contributed by atoms with Gasteiger partial charge in [-0.05, 0) is 31.0 Å². The van der Waals surface area contributed by atoms with Crippen molar-refractivity contribution in [1.29, 1.82) is 0 Å². The molecule has 1 aromatic heterocycles. The van der Waals surface area contributed by atoms with Crippen LogP contribution in [0.2, 0.25) is 0 Å². The number of hydrogen-bond donors (Lipinski definition) is 1. The lowest BCUT2D eigenvalue weighted by molar-refractivity contribution is -0.131. The van der Waals surface area contributed by atoms with Crippen LogP contribution in [0.15, 0.2) is 18.3 Å². The second kappa shape index (κ2) is 8.00. The van der Waals surface area contributed by atoms with Crippen LogP contribution in [0.25, 0.3) is 0 Å². The highest BCUT2D eigenvalue weighted by molar-refractivity contribution is 5.78. The van der Waals surface area contributed by atoms with Gasteiger partial charge in [0.25, 0.3) is 0 Å². The van der Waals surface area contributed by atoms with Crippen LogP contribution in [0, 0.1) is 5.92 Å². The summed E-state index contributed by atoms with van der Waals surface area (Å²) in [6.45, 7) is 9.21. The fourth-order valence-electron chi connectivity index (χ4n) is 2.04. The molecule has 0 atom stereocenters. The van der Waals surface area contributed by atoms with Gasteiger partial charge >= 0.3 is 0 Å². The Kier molecular flexibility index (Phi) is 6.64. The van der Waals surface area contributed by atoms with Crippen LogP contribution < -0.4 is 5.32 Å². The van der Waals surface area contributed by atoms with Crippen LogP contribution in [0.1, 0.15) is 32.9 Å². The quantitative estimate of drug-likeness (QED) is 0.730. The van der Waals surface area contributed by atoms with Crippen molar-refractivity contribution in [3.63, 3.8) is 0 Å². The number of rotatable bonds is 8. The topological polar surface area (TPSA) is 37.3 Å². The van der Waals surface area contributed by atoms with Crippen LogP contribution >= 0.6 is 0 Å². The van der Waals surface area contributed by atoms with Gasteiger partial charge < -0.3 is 14.8 Å². The van der Waals surface area contributed by atoms with Gasteiger partial charge in [-0.2, -0.15) is 0 Å². The van der Waals surface area contributed by atoms with Crippen molar-refractivity contribution in [2.75, 3.05) is 19.6 Å². The molecule has 0 saturated heterocycles. The van der Waals surface area contributed by atoms with Crippen LogP contribution in [-0.4, -0.2) is 35.0 Å². The normalized spacial score (nSPS) is 11.0. The number of aromatic nitrogens is 1. The Labute approximate surface area is 116 Å². The SMILES string of the molecule is CCCNCC(=O)N(Cc1cccn1C)CC(C)C. The molecule has 0 aromatic carbocycles. The number of carbonyl (C=O) groups is 1. The third-order valence-corrected chi connectivity index (χ3v) is 3.05. The van der Waals surface area contributed by atoms with Crippen molar-refractivity contribution in [3.05, 3.63) is 24.0 Å². The first-order chi connectivity index (χ1) is 9.04. The van der Waals surface area contributed by atoms with Gasteiger partial charge in [-0.3, -0.25) is 4.79 Å². The molecule has 1 aromatic rings. The summed E-state index contributed by atoms with van der Waals surface area (Å²) in [5, 5.41) is 3.18. The molecule has 4 nitrogen and oxygen atoms in total. The molecule has 0 aliphatic carbocycles. The van der Waals surface area contributed by atoms with E-state index in [2.05, 4.69) is 36.7 Å². The maximum absolute atomic E-state index is 12.2. The van der Waals surface area contributed by atoms with Crippen molar-refractivity contribution in [3.8, 4) is 0 Å². The number of aryl methyl sites for hydroxylation is 1. The van der Waals surface area contributed by atoms with E-state index < -0.39 is 0 Å². The second-order valence-corrected chi connectivity index (χ2v) is 5.46. The number of nitrogens with zero attached hydrogens (tertiary/aromatic N) is 2. The molecule has 0 aliphatic rings. The summed E-state index contributed by atoms with van der Waals surface area (Å²) < 4.78 is 2.07. The molecule has 1 rings (SSSR count). The van der Waals surface area contributed by atoms with Gasteiger partial charge in [0.05, 0.1) is 13.1 Å². The summed E-state index contributed by atoms with van der Waals surface area (Å²) >= 11 is 0. The van der Waals surface area contributed by atoms with E-state index in [-0.39, 0.29) is 5.91 Å². The lowest BCUT2D eigenvalue weighted by atomic mass is 10.2. The van der Waals surface area contributed by atoms with E-state index in [1.807, 2.05) is 24.2 Å². The van der Waals surface area contributed by atoms with Crippen molar-refractivity contribution in [2.24, 2.45) is 13.0 Å². The molecule has 0 aliphatic heterocycles. The van der Waals surface area contributed by atoms with E-state index in [0.29, 0.717) is 19.0 Å². The van der Waals surface area contributed by atoms with Crippen molar-refractivity contribution in [2.45, 2.75) is 33.7 Å². The summed E-state index contributed by atoms with van der Waals surface area (Å²) in [5.74, 6) is 0.666. The molecule has 1 N–H and O–H groups in total. The molecule has 1 heterocycles. The largest absolute Gasteiger partial charge is 0.353 e. The zero-order valence-corrected chi connectivity index (χ0v) is 12.6. The summed E-state index contributed by atoms with van der Waals surface area (Å²) in [6.07, 6.45) is 3.07. The minimum absolute atomic E-state index is 0.184. The molecule has 0 spiro atoms. The molecule has 0 radical (unpaired) electrons. The van der Waals surface area contributed by atoms with E-state index in [1.54, 1.807) is 0 Å². The minimum Gasteiger partial charge on any atom is -0.353 e. The highest BCUT2D eigenvalue weighted by atomic mass is 16.2. The number of nitrogens with one attached hydrogen (secondary N) is 1. The molecule has 108 valence electrons.